The Balaban J connectivity index is 1.47. The summed E-state index contributed by atoms with van der Waals surface area (Å²) in [5.41, 5.74) is 1.17. The van der Waals surface area contributed by atoms with Crippen molar-refractivity contribution in [3.63, 3.8) is 0 Å². The van der Waals surface area contributed by atoms with Gasteiger partial charge >= 0.3 is 0 Å². The summed E-state index contributed by atoms with van der Waals surface area (Å²) in [6, 6.07) is 9.84. The van der Waals surface area contributed by atoms with Crippen LogP contribution in [0.5, 0.6) is 0 Å². The molecule has 0 spiro atoms. The molecule has 1 aliphatic heterocycles. The van der Waals surface area contributed by atoms with Crippen LogP contribution in [0.2, 0.25) is 0 Å². The predicted octanol–water partition coefficient (Wildman–Crippen LogP) is 2.17. The molecule has 158 valence electrons. The minimum Gasteiger partial charge on any atom is -0.351 e. The fraction of sp³-hybridized carbons (Fsp3) is 0.364. The summed E-state index contributed by atoms with van der Waals surface area (Å²) in [5, 5.41) is 7.43. The van der Waals surface area contributed by atoms with E-state index in [4.69, 9.17) is 0 Å². The molecule has 1 aromatic carbocycles. The van der Waals surface area contributed by atoms with Gasteiger partial charge in [0.2, 0.25) is 0 Å². The first-order chi connectivity index (χ1) is 14.7. The van der Waals surface area contributed by atoms with Crippen molar-refractivity contribution in [1.29, 1.82) is 0 Å². The zero-order chi connectivity index (χ0) is 20.9. The first-order valence-electron chi connectivity index (χ1n) is 10.4. The SMILES string of the molecule is CCN1CCN(CCNC(=O)c2cnn(-c3ccc(F)cc3)c2-n2cccc2)CC1. The van der Waals surface area contributed by atoms with Crippen molar-refractivity contribution < 1.29 is 9.18 Å². The van der Waals surface area contributed by atoms with Crippen LogP contribution in [0.4, 0.5) is 4.39 Å². The van der Waals surface area contributed by atoms with Crippen LogP contribution in [0.15, 0.2) is 55.0 Å². The van der Waals surface area contributed by atoms with Gasteiger partial charge in [-0.1, -0.05) is 6.92 Å². The summed E-state index contributed by atoms with van der Waals surface area (Å²) < 4.78 is 16.8. The van der Waals surface area contributed by atoms with Crippen molar-refractivity contribution in [2.75, 3.05) is 45.8 Å². The first-order valence-corrected chi connectivity index (χ1v) is 10.4. The van der Waals surface area contributed by atoms with Gasteiger partial charge in [0.1, 0.15) is 11.4 Å². The number of piperazine rings is 1. The molecule has 8 heteroatoms. The van der Waals surface area contributed by atoms with Crippen LogP contribution in [0.1, 0.15) is 17.3 Å². The molecule has 1 aliphatic rings. The molecule has 1 fully saturated rings. The second-order valence-corrected chi connectivity index (χ2v) is 7.39. The Morgan fingerprint density at radius 1 is 1.07 bits per heavy atom. The fourth-order valence-corrected chi connectivity index (χ4v) is 3.75. The molecule has 0 bridgehead atoms. The molecule has 4 rings (SSSR count). The average molecular weight is 410 g/mol. The largest absolute Gasteiger partial charge is 0.351 e. The van der Waals surface area contributed by atoms with E-state index in [1.807, 2.05) is 29.1 Å². The lowest BCUT2D eigenvalue weighted by Crippen LogP contribution is -2.48. The molecule has 7 nitrogen and oxygen atoms in total. The maximum absolute atomic E-state index is 13.3. The van der Waals surface area contributed by atoms with Gasteiger partial charge in [-0.25, -0.2) is 9.07 Å². The van der Waals surface area contributed by atoms with Crippen LogP contribution in [0.25, 0.3) is 11.5 Å². The highest BCUT2D eigenvalue weighted by molar-refractivity contribution is 5.97. The van der Waals surface area contributed by atoms with Gasteiger partial charge in [0, 0.05) is 51.7 Å². The van der Waals surface area contributed by atoms with E-state index >= 15 is 0 Å². The molecular weight excluding hydrogens is 383 g/mol. The van der Waals surface area contributed by atoms with Gasteiger partial charge in [-0.05, 0) is 42.9 Å². The van der Waals surface area contributed by atoms with E-state index in [2.05, 4.69) is 27.1 Å². The van der Waals surface area contributed by atoms with Crippen LogP contribution in [-0.4, -0.2) is 75.9 Å². The molecule has 1 N–H and O–H groups in total. The lowest BCUT2D eigenvalue weighted by atomic mass is 10.2. The highest BCUT2D eigenvalue weighted by Crippen LogP contribution is 2.20. The van der Waals surface area contributed by atoms with E-state index < -0.39 is 0 Å². The number of nitrogens with zero attached hydrogens (tertiary/aromatic N) is 5. The Morgan fingerprint density at radius 2 is 1.73 bits per heavy atom. The number of carbonyl (C=O) groups is 1. The highest BCUT2D eigenvalue weighted by atomic mass is 19.1. The Labute approximate surface area is 175 Å². The van der Waals surface area contributed by atoms with E-state index in [-0.39, 0.29) is 11.7 Å². The maximum atomic E-state index is 13.3. The predicted molar refractivity (Wildman–Crippen MR) is 114 cm³/mol. The molecule has 0 aliphatic carbocycles. The van der Waals surface area contributed by atoms with Crippen molar-refractivity contribution >= 4 is 5.91 Å². The van der Waals surface area contributed by atoms with E-state index in [1.165, 1.54) is 12.1 Å². The third-order valence-electron chi connectivity index (χ3n) is 5.53. The van der Waals surface area contributed by atoms with Gasteiger partial charge in [-0.3, -0.25) is 9.69 Å². The number of amides is 1. The second kappa shape index (κ2) is 9.23. The van der Waals surface area contributed by atoms with Crippen molar-refractivity contribution in [2.24, 2.45) is 0 Å². The standard InChI is InChI=1S/C22H27FN6O/c1-2-26-13-15-27(16-14-26)12-9-24-21(30)20-17-25-29(19-7-5-18(23)6-8-19)22(20)28-10-3-4-11-28/h3-8,10-11,17H,2,9,12-16H2,1H3,(H,24,30). The van der Waals surface area contributed by atoms with Crippen LogP contribution < -0.4 is 5.32 Å². The van der Waals surface area contributed by atoms with E-state index in [9.17, 15) is 9.18 Å². The van der Waals surface area contributed by atoms with Crippen LogP contribution in [-0.2, 0) is 0 Å². The fourth-order valence-electron chi connectivity index (χ4n) is 3.75. The number of carbonyl (C=O) groups excluding carboxylic acids is 1. The van der Waals surface area contributed by atoms with E-state index in [0.29, 0.717) is 23.6 Å². The number of nitrogens with one attached hydrogen (secondary N) is 1. The minimum absolute atomic E-state index is 0.167. The summed E-state index contributed by atoms with van der Waals surface area (Å²) in [7, 11) is 0. The molecule has 3 heterocycles. The normalized spacial score (nSPS) is 15.4. The molecule has 0 atom stereocenters. The number of likely N-dealkylation sites (N-methyl/N-ethyl adjacent to an activating group) is 1. The Hall–Kier alpha value is -2.97. The molecule has 3 aromatic rings. The topological polar surface area (TPSA) is 58.3 Å². The average Bonchev–Trinajstić information content (AvgIpc) is 3.44. The number of benzene rings is 1. The summed E-state index contributed by atoms with van der Waals surface area (Å²) >= 11 is 0. The quantitative estimate of drug-likeness (QED) is 0.649. The summed E-state index contributed by atoms with van der Waals surface area (Å²) in [5.74, 6) is 0.145. The molecule has 1 saturated heterocycles. The molecule has 0 saturated carbocycles. The summed E-state index contributed by atoms with van der Waals surface area (Å²) in [4.78, 5) is 17.7. The molecule has 0 radical (unpaired) electrons. The Kier molecular flexibility index (Phi) is 6.25. The maximum Gasteiger partial charge on any atom is 0.256 e. The van der Waals surface area contributed by atoms with Crippen molar-refractivity contribution in [1.82, 2.24) is 29.5 Å². The third-order valence-corrected chi connectivity index (χ3v) is 5.53. The Bertz CT molecular complexity index is 958. The zero-order valence-electron chi connectivity index (χ0n) is 17.2. The molecule has 2 aromatic heterocycles. The number of aromatic nitrogens is 3. The van der Waals surface area contributed by atoms with Gasteiger partial charge in [-0.2, -0.15) is 5.10 Å². The van der Waals surface area contributed by atoms with Gasteiger partial charge in [0.15, 0.2) is 5.82 Å². The molecule has 1 amide bonds. The lowest BCUT2D eigenvalue weighted by Gasteiger charge is -2.33. The summed E-state index contributed by atoms with van der Waals surface area (Å²) in [6.07, 6.45) is 5.29. The highest BCUT2D eigenvalue weighted by Gasteiger charge is 2.20. The second-order valence-electron chi connectivity index (χ2n) is 7.39. The zero-order valence-corrected chi connectivity index (χ0v) is 17.2. The number of hydrogen-bond donors (Lipinski definition) is 1. The lowest BCUT2D eigenvalue weighted by molar-refractivity contribution is 0.0938. The van der Waals surface area contributed by atoms with Gasteiger partial charge < -0.3 is 14.8 Å². The van der Waals surface area contributed by atoms with Gasteiger partial charge in [-0.15, -0.1) is 0 Å². The van der Waals surface area contributed by atoms with Crippen LogP contribution >= 0.6 is 0 Å². The summed E-state index contributed by atoms with van der Waals surface area (Å²) in [6.45, 7) is 8.89. The van der Waals surface area contributed by atoms with Gasteiger partial charge in [0.05, 0.1) is 11.9 Å². The third kappa shape index (κ3) is 4.44. The van der Waals surface area contributed by atoms with Crippen molar-refractivity contribution in [2.45, 2.75) is 6.92 Å². The molecular formula is C22H27FN6O. The van der Waals surface area contributed by atoms with Crippen LogP contribution in [0.3, 0.4) is 0 Å². The van der Waals surface area contributed by atoms with E-state index in [0.717, 1.165) is 39.3 Å². The van der Waals surface area contributed by atoms with Crippen LogP contribution in [0, 0.1) is 5.82 Å². The monoisotopic (exact) mass is 410 g/mol. The van der Waals surface area contributed by atoms with Crippen molar-refractivity contribution in [3.8, 4) is 11.5 Å². The minimum atomic E-state index is -0.314. The molecule has 30 heavy (non-hydrogen) atoms. The van der Waals surface area contributed by atoms with E-state index in [1.54, 1.807) is 23.0 Å². The van der Waals surface area contributed by atoms with Crippen molar-refractivity contribution in [3.05, 3.63) is 66.4 Å². The number of hydrogen-bond acceptors (Lipinski definition) is 4. The van der Waals surface area contributed by atoms with Gasteiger partial charge in [0.25, 0.3) is 5.91 Å². The number of rotatable bonds is 7. The number of halogens is 1. The smallest absolute Gasteiger partial charge is 0.256 e. The Morgan fingerprint density at radius 3 is 2.40 bits per heavy atom. The molecule has 0 unspecified atom stereocenters. The first kappa shape index (κ1) is 20.3.